The number of nitrogens with zero attached hydrogens (tertiary/aromatic N) is 4. The highest BCUT2D eigenvalue weighted by Gasteiger charge is 2.29. The maximum Gasteiger partial charge on any atom is 0.322 e. The molecule has 1 aromatic carbocycles. The first kappa shape index (κ1) is 18.7. The van der Waals surface area contributed by atoms with E-state index in [9.17, 15) is 14.9 Å². The number of nitrogens with one attached hydrogen (secondary N) is 1. The van der Waals surface area contributed by atoms with Gasteiger partial charge in [-0.05, 0) is 44.9 Å². The first-order chi connectivity index (χ1) is 12.7. The number of nitro groups is 1. The van der Waals surface area contributed by atoms with Crippen LogP contribution in [0.1, 0.15) is 32.2 Å². The summed E-state index contributed by atoms with van der Waals surface area (Å²) in [4.78, 5) is 28.8. The SMILES string of the molecule is Cc1ccc(-c2nc(NC(=O)c3c([N+](=O)[O-])c(C)nn3C)sc2C)cc1C. The van der Waals surface area contributed by atoms with Gasteiger partial charge in [-0.2, -0.15) is 5.10 Å². The molecule has 0 atom stereocenters. The van der Waals surface area contributed by atoms with Crippen LogP contribution in [0.4, 0.5) is 10.8 Å². The molecule has 0 saturated carbocycles. The van der Waals surface area contributed by atoms with Gasteiger partial charge in [-0.3, -0.25) is 24.9 Å². The van der Waals surface area contributed by atoms with Crippen LogP contribution in [0.25, 0.3) is 11.3 Å². The molecule has 1 amide bonds. The van der Waals surface area contributed by atoms with Crippen LogP contribution in [0.15, 0.2) is 18.2 Å². The normalized spacial score (nSPS) is 10.9. The van der Waals surface area contributed by atoms with Crippen LogP contribution < -0.4 is 5.32 Å². The lowest BCUT2D eigenvalue weighted by Gasteiger charge is -2.04. The third-order valence-corrected chi connectivity index (χ3v) is 5.27. The highest BCUT2D eigenvalue weighted by atomic mass is 32.1. The van der Waals surface area contributed by atoms with Gasteiger partial charge in [-0.1, -0.05) is 12.1 Å². The summed E-state index contributed by atoms with van der Waals surface area (Å²) in [7, 11) is 1.50. The molecule has 9 heteroatoms. The van der Waals surface area contributed by atoms with Crippen molar-refractivity contribution < 1.29 is 9.72 Å². The summed E-state index contributed by atoms with van der Waals surface area (Å²) in [6, 6.07) is 6.08. The molecule has 0 radical (unpaired) electrons. The number of thiazole rings is 1. The second-order valence-electron chi connectivity index (χ2n) is 6.34. The zero-order chi connectivity index (χ0) is 19.9. The van der Waals surface area contributed by atoms with Crippen molar-refractivity contribution in [2.75, 3.05) is 5.32 Å². The zero-order valence-corrected chi connectivity index (χ0v) is 16.5. The summed E-state index contributed by atoms with van der Waals surface area (Å²) in [5, 5.41) is 18.3. The van der Waals surface area contributed by atoms with E-state index in [1.807, 2.05) is 32.9 Å². The Morgan fingerprint density at radius 1 is 1.22 bits per heavy atom. The molecule has 2 heterocycles. The summed E-state index contributed by atoms with van der Waals surface area (Å²) < 4.78 is 1.22. The van der Waals surface area contributed by atoms with Crippen molar-refractivity contribution in [3.8, 4) is 11.3 Å². The fourth-order valence-corrected chi connectivity index (χ4v) is 3.71. The monoisotopic (exact) mass is 385 g/mol. The molecule has 140 valence electrons. The Hall–Kier alpha value is -3.07. The molecule has 0 spiro atoms. The van der Waals surface area contributed by atoms with E-state index in [1.165, 1.54) is 35.6 Å². The molecule has 0 aliphatic carbocycles. The predicted octanol–water partition coefficient (Wildman–Crippen LogP) is 3.94. The van der Waals surface area contributed by atoms with E-state index in [4.69, 9.17) is 0 Å². The number of carbonyl (C=O) groups excluding carboxylic acids is 1. The van der Waals surface area contributed by atoms with E-state index >= 15 is 0 Å². The van der Waals surface area contributed by atoms with Gasteiger partial charge in [-0.25, -0.2) is 4.98 Å². The number of amides is 1. The van der Waals surface area contributed by atoms with Crippen LogP contribution in [-0.4, -0.2) is 25.6 Å². The number of carbonyl (C=O) groups is 1. The van der Waals surface area contributed by atoms with Crippen LogP contribution in [-0.2, 0) is 7.05 Å². The second-order valence-corrected chi connectivity index (χ2v) is 7.54. The summed E-state index contributed by atoms with van der Waals surface area (Å²) >= 11 is 1.33. The highest BCUT2D eigenvalue weighted by molar-refractivity contribution is 7.16. The fourth-order valence-electron chi connectivity index (χ4n) is 2.88. The van der Waals surface area contributed by atoms with Crippen molar-refractivity contribution in [2.45, 2.75) is 27.7 Å². The van der Waals surface area contributed by atoms with E-state index < -0.39 is 10.8 Å². The first-order valence-corrected chi connectivity index (χ1v) is 9.05. The molecule has 8 nitrogen and oxygen atoms in total. The highest BCUT2D eigenvalue weighted by Crippen LogP contribution is 2.32. The molecular formula is C18H19N5O3S. The molecule has 3 rings (SSSR count). The molecule has 1 N–H and O–H groups in total. The van der Waals surface area contributed by atoms with Crippen molar-refractivity contribution in [1.29, 1.82) is 0 Å². The predicted molar refractivity (Wildman–Crippen MR) is 104 cm³/mol. The zero-order valence-electron chi connectivity index (χ0n) is 15.7. The number of aryl methyl sites for hydroxylation is 5. The van der Waals surface area contributed by atoms with Gasteiger partial charge in [-0.15, -0.1) is 11.3 Å². The van der Waals surface area contributed by atoms with E-state index in [-0.39, 0.29) is 17.1 Å². The van der Waals surface area contributed by atoms with Crippen LogP contribution in [0.5, 0.6) is 0 Å². The van der Waals surface area contributed by atoms with Gasteiger partial charge in [0.2, 0.25) is 5.69 Å². The number of hydrogen-bond acceptors (Lipinski definition) is 6. The van der Waals surface area contributed by atoms with Crippen molar-refractivity contribution in [3.63, 3.8) is 0 Å². The third-order valence-electron chi connectivity index (χ3n) is 4.39. The Morgan fingerprint density at radius 3 is 2.56 bits per heavy atom. The van der Waals surface area contributed by atoms with E-state index in [2.05, 4.69) is 21.5 Å². The minimum atomic E-state index is -0.606. The van der Waals surface area contributed by atoms with Gasteiger partial charge in [0, 0.05) is 17.5 Å². The second kappa shape index (κ2) is 6.92. The lowest BCUT2D eigenvalue weighted by molar-refractivity contribution is -0.385. The Labute approximate surface area is 160 Å². The topological polar surface area (TPSA) is 103 Å². The lowest BCUT2D eigenvalue weighted by atomic mass is 10.0. The number of anilines is 1. The maximum atomic E-state index is 12.6. The number of rotatable bonds is 4. The molecule has 0 fully saturated rings. The Bertz CT molecular complexity index is 1070. The van der Waals surface area contributed by atoms with Crippen LogP contribution in [0, 0.1) is 37.8 Å². The molecular weight excluding hydrogens is 366 g/mol. The third kappa shape index (κ3) is 3.45. The number of hydrogen-bond donors (Lipinski definition) is 1. The summed E-state index contributed by atoms with van der Waals surface area (Å²) in [5.74, 6) is -0.606. The smallest absolute Gasteiger partial charge is 0.296 e. The average molecular weight is 385 g/mol. The molecule has 27 heavy (non-hydrogen) atoms. The standard InChI is InChI=1S/C18H19N5O3S/c1-9-6-7-13(8-10(9)2)14-12(4)27-18(19-14)20-17(24)16-15(23(25)26)11(3)21-22(16)5/h6-8H,1-5H3,(H,19,20,24). The van der Waals surface area contributed by atoms with Crippen LogP contribution in [0.3, 0.4) is 0 Å². The average Bonchev–Trinajstić information content (AvgIpc) is 3.08. The largest absolute Gasteiger partial charge is 0.322 e. The van der Waals surface area contributed by atoms with Gasteiger partial charge in [0.25, 0.3) is 5.91 Å². The van der Waals surface area contributed by atoms with E-state index in [0.717, 1.165) is 21.7 Å². The van der Waals surface area contributed by atoms with Gasteiger partial charge >= 0.3 is 5.69 Å². The minimum absolute atomic E-state index is 0.0990. The molecule has 0 bridgehead atoms. The summed E-state index contributed by atoms with van der Waals surface area (Å²) in [6.07, 6.45) is 0. The van der Waals surface area contributed by atoms with Crippen molar-refractivity contribution in [3.05, 3.63) is 55.7 Å². The number of aromatic nitrogens is 3. The Kier molecular flexibility index (Phi) is 4.79. The minimum Gasteiger partial charge on any atom is -0.296 e. The molecule has 0 unspecified atom stereocenters. The first-order valence-electron chi connectivity index (χ1n) is 8.23. The van der Waals surface area contributed by atoms with Crippen LogP contribution >= 0.6 is 11.3 Å². The van der Waals surface area contributed by atoms with Crippen molar-refractivity contribution in [1.82, 2.24) is 14.8 Å². The lowest BCUT2D eigenvalue weighted by Crippen LogP contribution is -2.17. The maximum absolute atomic E-state index is 12.6. The fraction of sp³-hybridized carbons (Fsp3) is 0.278. The molecule has 0 aliphatic heterocycles. The molecule has 3 aromatic rings. The van der Waals surface area contributed by atoms with Crippen LogP contribution in [0.2, 0.25) is 0 Å². The Balaban J connectivity index is 1.93. The van der Waals surface area contributed by atoms with Gasteiger partial charge in [0.05, 0.1) is 10.6 Å². The summed E-state index contributed by atoms with van der Waals surface area (Å²) in [6.45, 7) is 7.50. The van der Waals surface area contributed by atoms with Gasteiger partial charge < -0.3 is 0 Å². The van der Waals surface area contributed by atoms with E-state index in [1.54, 1.807) is 0 Å². The molecule has 2 aromatic heterocycles. The molecule has 0 saturated heterocycles. The van der Waals surface area contributed by atoms with Crippen molar-refractivity contribution in [2.24, 2.45) is 7.05 Å². The van der Waals surface area contributed by atoms with Crippen molar-refractivity contribution >= 4 is 28.1 Å². The quantitative estimate of drug-likeness (QED) is 0.541. The van der Waals surface area contributed by atoms with Gasteiger partial charge in [0.1, 0.15) is 5.69 Å². The summed E-state index contributed by atoms with van der Waals surface area (Å²) in [5.41, 5.74) is 3.91. The van der Waals surface area contributed by atoms with Gasteiger partial charge in [0.15, 0.2) is 5.13 Å². The molecule has 0 aliphatic rings. The Morgan fingerprint density at radius 2 is 1.93 bits per heavy atom. The number of benzene rings is 1. The van der Waals surface area contributed by atoms with E-state index in [0.29, 0.717) is 5.13 Å².